The number of aliphatic carboxylic acids is 1. The van der Waals surface area contributed by atoms with Crippen molar-refractivity contribution in [3.63, 3.8) is 0 Å². The van der Waals surface area contributed by atoms with Gasteiger partial charge in [0, 0.05) is 38.2 Å². The molecule has 3 aromatic heterocycles. The van der Waals surface area contributed by atoms with Gasteiger partial charge in [0.25, 0.3) is 11.5 Å². The number of nitrogens with zero attached hydrogens (tertiary/aromatic N) is 7. The summed E-state index contributed by atoms with van der Waals surface area (Å²) in [7, 11) is 0. The van der Waals surface area contributed by atoms with Crippen LogP contribution in [0.5, 0.6) is 11.5 Å². The summed E-state index contributed by atoms with van der Waals surface area (Å²) in [4.78, 5) is 51.0. The number of carbonyl (C=O) groups excluding carboxylic acids is 1. The molecule has 0 saturated carbocycles. The number of amides is 1. The van der Waals surface area contributed by atoms with E-state index in [-0.39, 0.29) is 36.9 Å². The number of aromatic nitrogens is 5. The molecule has 0 atom stereocenters. The molecule has 0 aromatic carbocycles. The van der Waals surface area contributed by atoms with Gasteiger partial charge in [-0.1, -0.05) is 13.0 Å². The lowest BCUT2D eigenvalue weighted by Gasteiger charge is -2.36. The summed E-state index contributed by atoms with van der Waals surface area (Å²) in [5, 5.41) is 24.8. The first-order chi connectivity index (χ1) is 19.4. The minimum absolute atomic E-state index is 0.0188. The molecule has 1 amide bonds. The lowest BCUT2D eigenvalue weighted by atomic mass is 10.1. The van der Waals surface area contributed by atoms with Crippen molar-refractivity contribution in [3.05, 3.63) is 45.4 Å². The Morgan fingerprint density at radius 2 is 1.93 bits per heavy atom. The molecule has 3 aromatic rings. The first kappa shape index (κ1) is 25.8. The van der Waals surface area contributed by atoms with Gasteiger partial charge in [-0.2, -0.15) is 9.50 Å². The molecule has 14 nitrogen and oxygen atoms in total. The van der Waals surface area contributed by atoms with Crippen molar-refractivity contribution < 1.29 is 29.3 Å². The normalized spacial score (nSPS) is 17.1. The lowest BCUT2D eigenvalue weighted by molar-refractivity contribution is -0.137. The fraction of sp³-hybridized carbons (Fsp3) is 0.462. The number of carboxylic acids is 1. The Morgan fingerprint density at radius 1 is 1.12 bits per heavy atom. The van der Waals surface area contributed by atoms with Gasteiger partial charge in [0.15, 0.2) is 17.3 Å². The van der Waals surface area contributed by atoms with Crippen molar-refractivity contribution >= 4 is 28.9 Å². The second kappa shape index (κ2) is 10.3. The molecule has 0 aliphatic carbocycles. The SMILES string of the molecule is CCc1c(N2CCN(C(=O)c3ncc4c(c3O)CCO4)CC2)c(=O)n2nc(C3=CCOCC3)nc2n1CC(=O)O. The van der Waals surface area contributed by atoms with Crippen LogP contribution in [-0.4, -0.2) is 97.1 Å². The van der Waals surface area contributed by atoms with Crippen LogP contribution in [0.25, 0.3) is 11.4 Å². The Labute approximate surface area is 228 Å². The standard InChI is InChI=1S/C26H29N7O7/c1-2-17-21(25(38)33-26(32(17)14-19(34)35)28-23(29-33)15-3-10-39-11-4-15)30-6-8-31(9-7-30)24(37)20-22(36)16-5-12-40-18(16)13-27-20/h3,13,36H,2,4-12,14H2,1H3,(H,34,35). The van der Waals surface area contributed by atoms with Gasteiger partial charge in [-0.05, 0) is 18.4 Å². The van der Waals surface area contributed by atoms with Crippen molar-refractivity contribution in [2.45, 2.75) is 32.7 Å². The summed E-state index contributed by atoms with van der Waals surface area (Å²) >= 11 is 0. The number of carboxylic acid groups (broad SMARTS) is 1. The molecule has 6 rings (SSSR count). The molecule has 210 valence electrons. The molecule has 0 spiro atoms. The highest BCUT2D eigenvalue weighted by Gasteiger charge is 2.31. The van der Waals surface area contributed by atoms with E-state index in [0.717, 1.165) is 5.57 Å². The third-order valence-electron chi connectivity index (χ3n) is 7.52. The highest BCUT2D eigenvalue weighted by Crippen LogP contribution is 2.34. The van der Waals surface area contributed by atoms with Gasteiger partial charge < -0.3 is 34.1 Å². The largest absolute Gasteiger partial charge is 0.505 e. The average Bonchev–Trinajstić information content (AvgIpc) is 3.63. The summed E-state index contributed by atoms with van der Waals surface area (Å²) in [6.07, 6.45) is 4.82. The predicted molar refractivity (Wildman–Crippen MR) is 141 cm³/mol. The molecule has 3 aliphatic heterocycles. The lowest BCUT2D eigenvalue weighted by Crippen LogP contribution is -2.51. The Bertz CT molecular complexity index is 1600. The highest BCUT2D eigenvalue weighted by atomic mass is 16.5. The van der Waals surface area contributed by atoms with Crippen molar-refractivity contribution in [2.75, 3.05) is 50.9 Å². The minimum atomic E-state index is -1.07. The quantitative estimate of drug-likeness (QED) is 0.434. The van der Waals surface area contributed by atoms with Crippen LogP contribution in [0.1, 0.15) is 40.9 Å². The van der Waals surface area contributed by atoms with Gasteiger partial charge in [-0.3, -0.25) is 14.4 Å². The number of piperazine rings is 1. The van der Waals surface area contributed by atoms with E-state index in [1.54, 1.807) is 4.90 Å². The maximum absolute atomic E-state index is 13.8. The molecule has 6 heterocycles. The van der Waals surface area contributed by atoms with Crippen molar-refractivity contribution in [2.24, 2.45) is 0 Å². The van der Waals surface area contributed by atoms with Crippen LogP contribution in [0.4, 0.5) is 5.69 Å². The molecule has 3 aliphatic rings. The van der Waals surface area contributed by atoms with Crippen LogP contribution in [0.3, 0.4) is 0 Å². The summed E-state index contributed by atoms with van der Waals surface area (Å²) in [6, 6.07) is 0. The monoisotopic (exact) mass is 551 g/mol. The first-order valence-corrected chi connectivity index (χ1v) is 13.3. The number of hydrogen-bond donors (Lipinski definition) is 2. The molecule has 1 saturated heterocycles. The summed E-state index contributed by atoms with van der Waals surface area (Å²) < 4.78 is 13.5. The van der Waals surface area contributed by atoms with E-state index >= 15 is 0 Å². The van der Waals surface area contributed by atoms with Crippen LogP contribution >= 0.6 is 0 Å². The predicted octanol–water partition coefficient (Wildman–Crippen LogP) is 0.340. The van der Waals surface area contributed by atoms with E-state index in [1.807, 2.05) is 17.9 Å². The zero-order chi connectivity index (χ0) is 28.0. The number of fused-ring (bicyclic) bond motifs is 2. The molecular formula is C26H29N7O7. The van der Waals surface area contributed by atoms with E-state index in [0.29, 0.717) is 80.7 Å². The second-order valence-electron chi connectivity index (χ2n) is 9.81. The third kappa shape index (κ3) is 4.33. The van der Waals surface area contributed by atoms with Gasteiger partial charge in [0.2, 0.25) is 5.78 Å². The van der Waals surface area contributed by atoms with Gasteiger partial charge in [-0.15, -0.1) is 5.10 Å². The molecule has 14 heteroatoms. The fourth-order valence-corrected chi connectivity index (χ4v) is 5.52. The topological polar surface area (TPSA) is 165 Å². The van der Waals surface area contributed by atoms with Gasteiger partial charge in [-0.25, -0.2) is 4.98 Å². The zero-order valence-corrected chi connectivity index (χ0v) is 22.0. The molecule has 0 radical (unpaired) electrons. The number of aromatic hydroxyl groups is 1. The van der Waals surface area contributed by atoms with Crippen LogP contribution in [0.15, 0.2) is 17.1 Å². The Hall–Kier alpha value is -4.46. The third-order valence-corrected chi connectivity index (χ3v) is 7.52. The van der Waals surface area contributed by atoms with Crippen molar-refractivity contribution in [1.29, 1.82) is 0 Å². The molecule has 0 unspecified atom stereocenters. The first-order valence-electron chi connectivity index (χ1n) is 13.3. The van der Waals surface area contributed by atoms with Gasteiger partial charge >= 0.3 is 5.97 Å². The number of anilines is 1. The zero-order valence-electron chi connectivity index (χ0n) is 22.0. The van der Waals surface area contributed by atoms with Crippen LogP contribution in [0.2, 0.25) is 0 Å². The molecule has 0 bridgehead atoms. The number of carbonyl (C=O) groups is 2. The second-order valence-corrected chi connectivity index (χ2v) is 9.81. The minimum Gasteiger partial charge on any atom is -0.505 e. The Balaban J connectivity index is 1.32. The van der Waals surface area contributed by atoms with Crippen LogP contribution < -0.4 is 15.2 Å². The average molecular weight is 552 g/mol. The number of pyridine rings is 1. The van der Waals surface area contributed by atoms with Crippen LogP contribution in [-0.2, 0) is 28.9 Å². The molecule has 2 N–H and O–H groups in total. The van der Waals surface area contributed by atoms with E-state index < -0.39 is 17.4 Å². The summed E-state index contributed by atoms with van der Waals surface area (Å²) in [6.45, 7) is 4.06. The summed E-state index contributed by atoms with van der Waals surface area (Å²) in [5.74, 6) is -0.578. The van der Waals surface area contributed by atoms with Gasteiger partial charge in [0.05, 0.1) is 31.7 Å². The Morgan fingerprint density at radius 3 is 2.62 bits per heavy atom. The van der Waals surface area contributed by atoms with Crippen molar-refractivity contribution in [1.82, 2.24) is 29.0 Å². The highest BCUT2D eigenvalue weighted by molar-refractivity contribution is 5.95. The van der Waals surface area contributed by atoms with E-state index in [2.05, 4.69) is 15.1 Å². The summed E-state index contributed by atoms with van der Waals surface area (Å²) in [5.41, 5.74) is 1.90. The molecule has 1 fully saturated rings. The fourth-order valence-electron chi connectivity index (χ4n) is 5.52. The molecule has 40 heavy (non-hydrogen) atoms. The van der Waals surface area contributed by atoms with Crippen molar-refractivity contribution in [3.8, 4) is 11.5 Å². The van der Waals surface area contributed by atoms with E-state index in [9.17, 15) is 24.6 Å². The van der Waals surface area contributed by atoms with E-state index in [4.69, 9.17) is 9.47 Å². The number of rotatable bonds is 6. The van der Waals surface area contributed by atoms with Gasteiger partial charge in [0.1, 0.15) is 18.0 Å². The number of ether oxygens (including phenoxy) is 2. The maximum Gasteiger partial charge on any atom is 0.323 e. The van der Waals surface area contributed by atoms with Crippen LogP contribution in [0, 0.1) is 0 Å². The number of hydrogen-bond acceptors (Lipinski definition) is 10. The molecular weight excluding hydrogens is 522 g/mol. The smallest absolute Gasteiger partial charge is 0.323 e. The van der Waals surface area contributed by atoms with E-state index in [1.165, 1.54) is 15.3 Å². The Kier molecular flexibility index (Phi) is 6.62. The maximum atomic E-state index is 13.8.